The molecule has 86 valence electrons. The lowest BCUT2D eigenvalue weighted by atomic mass is 9.94. The summed E-state index contributed by atoms with van der Waals surface area (Å²) in [5, 5.41) is 8.45. The Morgan fingerprint density at radius 3 is 2.00 bits per heavy atom. The summed E-state index contributed by atoms with van der Waals surface area (Å²) >= 11 is 0.128. The molecule has 4 aromatic rings. The predicted molar refractivity (Wildman–Crippen MR) is 74.8 cm³/mol. The molecule has 0 bridgehead atoms. The fraction of sp³-hybridized carbons (Fsp3) is 0.0588. The van der Waals surface area contributed by atoms with Gasteiger partial charge in [-0.05, 0) is 39.7 Å². The molecule has 0 amide bonds. The maximum Gasteiger partial charge on any atom is 0.310 e. The number of rotatable bonds is 1. The van der Waals surface area contributed by atoms with Crippen LogP contribution in [0.25, 0.3) is 32.3 Å². The van der Waals surface area contributed by atoms with Crippen molar-refractivity contribution in [2.24, 2.45) is 0 Å². The van der Waals surface area contributed by atoms with Gasteiger partial charge in [-0.3, -0.25) is 0 Å². The number of alkyl halides is 1. The molecule has 0 aliphatic heterocycles. The first-order valence-corrected chi connectivity index (χ1v) is 9.28. The molecule has 1 heteroatoms. The lowest BCUT2D eigenvalue weighted by Crippen LogP contribution is -3.60. The summed E-state index contributed by atoms with van der Waals surface area (Å²) in [4.78, 5) is 2.34. The van der Waals surface area contributed by atoms with Gasteiger partial charge in [-0.25, -0.2) is 0 Å². The van der Waals surface area contributed by atoms with Crippen LogP contribution in [0.15, 0.2) is 54.6 Å². The summed E-state index contributed by atoms with van der Waals surface area (Å²) in [7, 11) is 0. The third-order valence-electron chi connectivity index (χ3n) is 3.68. The molecule has 0 heterocycles. The number of hydrogen-bond acceptors (Lipinski definition) is 0. The first kappa shape index (κ1) is 10.6. The van der Waals surface area contributed by atoms with E-state index in [0.29, 0.717) is 0 Å². The summed E-state index contributed by atoms with van der Waals surface area (Å²) in [5.41, 5.74) is 0. The minimum Gasteiger partial charge on any atom is -0.0610 e. The molecular weight excluding hydrogens is 331 g/mol. The van der Waals surface area contributed by atoms with Crippen LogP contribution in [0.5, 0.6) is 0 Å². The fourth-order valence-electron chi connectivity index (χ4n) is 2.86. The molecular formula is C17H12I+. The topological polar surface area (TPSA) is 0 Å². The van der Waals surface area contributed by atoms with E-state index in [1.165, 1.54) is 32.3 Å². The second-order valence-corrected chi connectivity index (χ2v) is 6.83. The lowest BCUT2D eigenvalue weighted by molar-refractivity contribution is -0.595. The summed E-state index contributed by atoms with van der Waals surface area (Å²) < 4.78 is 1.56. The van der Waals surface area contributed by atoms with E-state index in [4.69, 9.17) is 0 Å². The van der Waals surface area contributed by atoms with Crippen LogP contribution in [0.4, 0.5) is 0 Å². The molecule has 0 aliphatic carbocycles. The van der Waals surface area contributed by atoms with E-state index < -0.39 is 0 Å². The molecule has 0 fully saturated rings. The van der Waals surface area contributed by atoms with Gasteiger partial charge in [0.1, 0.15) is 4.93 Å². The molecule has 0 unspecified atom stereocenters. The SMILES string of the molecule is C[I+]c1ccc2ccc3cccc4ccc1c2c34. The Morgan fingerprint density at radius 1 is 0.667 bits per heavy atom. The van der Waals surface area contributed by atoms with Gasteiger partial charge in [-0.2, -0.15) is 0 Å². The molecule has 4 aromatic carbocycles. The first-order chi connectivity index (χ1) is 8.88. The van der Waals surface area contributed by atoms with Crippen LogP contribution < -0.4 is 21.2 Å². The van der Waals surface area contributed by atoms with Gasteiger partial charge in [0.25, 0.3) is 0 Å². The Hall–Kier alpha value is -1.35. The van der Waals surface area contributed by atoms with Crippen LogP contribution in [0.1, 0.15) is 0 Å². The van der Waals surface area contributed by atoms with Crippen LogP contribution >= 0.6 is 0 Å². The van der Waals surface area contributed by atoms with Crippen molar-refractivity contribution in [3.05, 3.63) is 58.2 Å². The average molecular weight is 343 g/mol. The largest absolute Gasteiger partial charge is 0.310 e. The Bertz CT molecular complexity index is 845. The van der Waals surface area contributed by atoms with Gasteiger partial charge >= 0.3 is 21.2 Å². The maximum atomic E-state index is 2.34. The third-order valence-corrected chi connectivity index (χ3v) is 5.78. The molecule has 0 N–H and O–H groups in total. The van der Waals surface area contributed by atoms with Gasteiger partial charge in [-0.1, -0.05) is 36.4 Å². The smallest absolute Gasteiger partial charge is 0.0610 e. The zero-order valence-electron chi connectivity index (χ0n) is 10.1. The van der Waals surface area contributed by atoms with Gasteiger partial charge in [0.05, 0.1) is 0 Å². The zero-order valence-corrected chi connectivity index (χ0v) is 12.2. The highest BCUT2D eigenvalue weighted by Crippen LogP contribution is 2.33. The molecule has 18 heavy (non-hydrogen) atoms. The summed E-state index contributed by atoms with van der Waals surface area (Å²) in [6, 6.07) is 20.3. The average Bonchev–Trinajstić information content (AvgIpc) is 2.44. The number of benzene rings is 4. The standard InChI is InChI=1S/C17H12I/c1-18-15-10-8-13-6-5-11-3-2-4-12-7-9-14(15)17(13)16(11)12/h2-10H,1H3/q+1. The Morgan fingerprint density at radius 2 is 1.28 bits per heavy atom. The van der Waals surface area contributed by atoms with Gasteiger partial charge in [0.15, 0.2) is 3.57 Å². The van der Waals surface area contributed by atoms with Crippen molar-refractivity contribution in [3.8, 4) is 0 Å². The van der Waals surface area contributed by atoms with Gasteiger partial charge in [-0.15, -0.1) is 0 Å². The molecule has 0 aliphatic rings. The molecule has 0 atom stereocenters. The number of hydrogen-bond donors (Lipinski definition) is 0. The van der Waals surface area contributed by atoms with Crippen LogP contribution in [0.3, 0.4) is 0 Å². The normalized spacial score (nSPS) is 11.8. The van der Waals surface area contributed by atoms with Gasteiger partial charge < -0.3 is 0 Å². The molecule has 0 saturated heterocycles. The monoisotopic (exact) mass is 343 g/mol. The van der Waals surface area contributed by atoms with Crippen LogP contribution in [0, 0.1) is 3.57 Å². The van der Waals surface area contributed by atoms with Gasteiger partial charge in [0, 0.05) is 10.8 Å². The van der Waals surface area contributed by atoms with E-state index in [1.807, 2.05) is 0 Å². The molecule has 0 aromatic heterocycles. The van der Waals surface area contributed by atoms with Gasteiger partial charge in [0.2, 0.25) is 0 Å². The van der Waals surface area contributed by atoms with E-state index in [9.17, 15) is 0 Å². The van der Waals surface area contributed by atoms with E-state index >= 15 is 0 Å². The van der Waals surface area contributed by atoms with E-state index in [0.717, 1.165) is 0 Å². The quantitative estimate of drug-likeness (QED) is 0.279. The van der Waals surface area contributed by atoms with Crippen molar-refractivity contribution in [3.63, 3.8) is 0 Å². The highest BCUT2D eigenvalue weighted by atomic mass is 127. The first-order valence-electron chi connectivity index (χ1n) is 6.04. The van der Waals surface area contributed by atoms with Crippen molar-refractivity contribution in [2.45, 2.75) is 0 Å². The summed E-state index contributed by atoms with van der Waals surface area (Å²) in [5.74, 6) is 0. The Kier molecular flexibility index (Phi) is 2.24. The third kappa shape index (κ3) is 1.31. The van der Waals surface area contributed by atoms with Crippen molar-refractivity contribution in [1.82, 2.24) is 0 Å². The predicted octanol–water partition coefficient (Wildman–Crippen LogP) is 1.47. The molecule has 0 saturated carbocycles. The van der Waals surface area contributed by atoms with E-state index in [2.05, 4.69) is 59.5 Å². The Balaban J connectivity index is 2.40. The minimum absolute atomic E-state index is 0.128. The highest BCUT2D eigenvalue weighted by Gasteiger charge is 2.15. The highest BCUT2D eigenvalue weighted by molar-refractivity contribution is 6.22. The zero-order chi connectivity index (χ0) is 12.1. The fourth-order valence-corrected chi connectivity index (χ4v) is 4.43. The van der Waals surface area contributed by atoms with Crippen LogP contribution in [-0.2, 0) is 0 Å². The van der Waals surface area contributed by atoms with Crippen molar-refractivity contribution in [1.29, 1.82) is 0 Å². The van der Waals surface area contributed by atoms with Crippen molar-refractivity contribution >= 4 is 32.3 Å². The van der Waals surface area contributed by atoms with E-state index in [-0.39, 0.29) is 21.2 Å². The van der Waals surface area contributed by atoms with Crippen molar-refractivity contribution < 1.29 is 21.2 Å². The second kappa shape index (κ2) is 3.82. The summed E-state index contributed by atoms with van der Waals surface area (Å²) in [6.07, 6.45) is 0. The molecule has 0 nitrogen and oxygen atoms in total. The second-order valence-electron chi connectivity index (χ2n) is 4.59. The van der Waals surface area contributed by atoms with Crippen LogP contribution in [0.2, 0.25) is 0 Å². The molecule has 0 radical (unpaired) electrons. The minimum atomic E-state index is 0.128. The molecule has 0 spiro atoms. The Labute approximate surface area is 116 Å². The molecule has 4 rings (SSSR count). The summed E-state index contributed by atoms with van der Waals surface area (Å²) in [6.45, 7) is 0. The lowest BCUT2D eigenvalue weighted by Gasteiger charge is -2.09. The number of halogens is 1. The van der Waals surface area contributed by atoms with Crippen molar-refractivity contribution in [2.75, 3.05) is 4.93 Å². The van der Waals surface area contributed by atoms with E-state index in [1.54, 1.807) is 3.57 Å². The maximum absolute atomic E-state index is 2.34. The van der Waals surface area contributed by atoms with Crippen LogP contribution in [-0.4, -0.2) is 4.93 Å².